The molecule has 3 aromatic rings. The molecule has 0 spiro atoms. The number of amides is 1. The first kappa shape index (κ1) is 18.1. The molecule has 1 heterocycles. The van der Waals surface area contributed by atoms with Crippen LogP contribution < -0.4 is 20.1 Å². The molecule has 0 fully saturated rings. The number of benzene rings is 2. The highest BCUT2D eigenvalue weighted by Crippen LogP contribution is 2.23. The van der Waals surface area contributed by atoms with Crippen molar-refractivity contribution in [3.8, 4) is 11.5 Å². The van der Waals surface area contributed by atoms with Gasteiger partial charge in [-0.2, -0.15) is 0 Å². The molecule has 0 unspecified atom stereocenters. The molecular weight excluding hydrogens is 351 g/mol. The fourth-order valence-electron chi connectivity index (χ4n) is 2.29. The summed E-state index contributed by atoms with van der Waals surface area (Å²) in [6.45, 7) is 0. The van der Waals surface area contributed by atoms with Crippen LogP contribution in [0.25, 0.3) is 0 Å². The van der Waals surface area contributed by atoms with E-state index in [4.69, 9.17) is 9.47 Å². The van der Waals surface area contributed by atoms with Crippen LogP contribution in [-0.4, -0.2) is 30.3 Å². The topological polar surface area (TPSA) is 85.4 Å². The highest BCUT2D eigenvalue weighted by atomic mass is 19.1. The molecule has 0 radical (unpaired) electrons. The smallest absolute Gasteiger partial charge is 0.257 e. The van der Waals surface area contributed by atoms with Crippen LogP contribution in [0.15, 0.2) is 54.6 Å². The number of hydrogen-bond acceptors (Lipinski definition) is 6. The van der Waals surface area contributed by atoms with Crippen LogP contribution in [-0.2, 0) is 0 Å². The van der Waals surface area contributed by atoms with Gasteiger partial charge in [-0.25, -0.2) is 4.39 Å². The van der Waals surface area contributed by atoms with E-state index in [0.717, 1.165) is 0 Å². The number of hydrogen-bond donors (Lipinski definition) is 2. The standard InChI is InChI=1S/C19H17FN4O3/c1-26-13-9-12(10-14(11-13)27-2)19(25)22-18-8-7-17(23-24-18)21-16-6-4-3-5-15(16)20/h3-11H,1-2H3,(H,21,23)(H,22,24,25). The van der Waals surface area contributed by atoms with Crippen molar-refractivity contribution in [1.82, 2.24) is 10.2 Å². The number of methoxy groups -OCH3 is 2. The van der Waals surface area contributed by atoms with Gasteiger partial charge in [-0.15, -0.1) is 10.2 Å². The Bertz CT molecular complexity index is 926. The van der Waals surface area contributed by atoms with E-state index in [1.54, 1.807) is 48.5 Å². The second-order valence-electron chi connectivity index (χ2n) is 5.46. The predicted molar refractivity (Wildman–Crippen MR) is 99.2 cm³/mol. The fourth-order valence-corrected chi connectivity index (χ4v) is 2.29. The third-order valence-electron chi connectivity index (χ3n) is 3.66. The van der Waals surface area contributed by atoms with E-state index in [-0.39, 0.29) is 11.5 Å². The zero-order valence-electron chi connectivity index (χ0n) is 14.7. The van der Waals surface area contributed by atoms with Gasteiger partial charge in [0, 0.05) is 11.6 Å². The molecule has 0 aliphatic rings. The minimum atomic E-state index is -0.399. The Hall–Kier alpha value is -3.68. The Labute approximate surface area is 155 Å². The first-order valence-electron chi connectivity index (χ1n) is 7.99. The molecule has 3 rings (SSSR count). The Balaban J connectivity index is 1.71. The van der Waals surface area contributed by atoms with Crippen molar-refractivity contribution in [3.05, 3.63) is 66.0 Å². The minimum Gasteiger partial charge on any atom is -0.497 e. The van der Waals surface area contributed by atoms with Gasteiger partial charge >= 0.3 is 0 Å². The van der Waals surface area contributed by atoms with Crippen LogP contribution in [0.3, 0.4) is 0 Å². The molecule has 2 aromatic carbocycles. The van der Waals surface area contributed by atoms with Crippen molar-refractivity contribution in [3.63, 3.8) is 0 Å². The quantitative estimate of drug-likeness (QED) is 0.691. The predicted octanol–water partition coefficient (Wildman–Crippen LogP) is 3.63. The maximum atomic E-state index is 13.6. The fraction of sp³-hybridized carbons (Fsp3) is 0.105. The van der Waals surface area contributed by atoms with Gasteiger partial charge in [-0.05, 0) is 36.4 Å². The third-order valence-corrected chi connectivity index (χ3v) is 3.66. The number of carbonyl (C=O) groups excluding carboxylic acids is 1. The van der Waals surface area contributed by atoms with Gasteiger partial charge in [0.2, 0.25) is 0 Å². The Morgan fingerprint density at radius 3 is 2.15 bits per heavy atom. The molecule has 1 aromatic heterocycles. The first-order valence-corrected chi connectivity index (χ1v) is 7.99. The maximum absolute atomic E-state index is 13.6. The van der Waals surface area contributed by atoms with Gasteiger partial charge in [0.25, 0.3) is 5.91 Å². The monoisotopic (exact) mass is 368 g/mol. The summed E-state index contributed by atoms with van der Waals surface area (Å²) >= 11 is 0. The van der Waals surface area contributed by atoms with Crippen molar-refractivity contribution in [2.75, 3.05) is 24.9 Å². The molecule has 0 aliphatic heterocycles. The largest absolute Gasteiger partial charge is 0.497 e. The van der Waals surface area contributed by atoms with Crippen molar-refractivity contribution in [1.29, 1.82) is 0 Å². The van der Waals surface area contributed by atoms with E-state index in [9.17, 15) is 9.18 Å². The summed E-state index contributed by atoms with van der Waals surface area (Å²) in [5.41, 5.74) is 0.633. The lowest BCUT2D eigenvalue weighted by Crippen LogP contribution is -2.14. The number of halogens is 1. The van der Waals surface area contributed by atoms with Gasteiger partial charge < -0.3 is 20.1 Å². The molecule has 0 bridgehead atoms. The summed E-state index contributed by atoms with van der Waals surface area (Å²) in [4.78, 5) is 12.4. The summed E-state index contributed by atoms with van der Waals surface area (Å²) in [5.74, 6) is 0.798. The van der Waals surface area contributed by atoms with Crippen LogP contribution >= 0.6 is 0 Å². The van der Waals surface area contributed by atoms with Crippen LogP contribution in [0.4, 0.5) is 21.7 Å². The highest BCUT2D eigenvalue weighted by molar-refractivity contribution is 6.04. The van der Waals surface area contributed by atoms with E-state index in [1.165, 1.54) is 20.3 Å². The van der Waals surface area contributed by atoms with Gasteiger partial charge in [-0.1, -0.05) is 12.1 Å². The number of carbonyl (C=O) groups is 1. The molecule has 138 valence electrons. The summed E-state index contributed by atoms with van der Waals surface area (Å²) < 4.78 is 24.0. The van der Waals surface area contributed by atoms with E-state index in [1.807, 2.05) is 0 Å². The van der Waals surface area contributed by atoms with E-state index >= 15 is 0 Å². The van der Waals surface area contributed by atoms with Crippen molar-refractivity contribution in [2.45, 2.75) is 0 Å². The lowest BCUT2D eigenvalue weighted by Gasteiger charge is -2.09. The summed E-state index contributed by atoms with van der Waals surface area (Å²) in [7, 11) is 3.01. The van der Waals surface area contributed by atoms with Crippen molar-refractivity contribution >= 4 is 23.2 Å². The number of anilines is 3. The van der Waals surface area contributed by atoms with Crippen molar-refractivity contribution in [2.24, 2.45) is 0 Å². The zero-order chi connectivity index (χ0) is 19.2. The van der Waals surface area contributed by atoms with E-state index in [2.05, 4.69) is 20.8 Å². The molecule has 7 nitrogen and oxygen atoms in total. The Morgan fingerprint density at radius 1 is 0.926 bits per heavy atom. The van der Waals surface area contributed by atoms with E-state index in [0.29, 0.717) is 22.9 Å². The van der Waals surface area contributed by atoms with Gasteiger partial charge in [0.05, 0.1) is 19.9 Å². The second kappa shape index (κ2) is 8.13. The number of nitrogens with one attached hydrogen (secondary N) is 2. The number of ether oxygens (including phenoxy) is 2. The number of nitrogens with zero attached hydrogens (tertiary/aromatic N) is 2. The maximum Gasteiger partial charge on any atom is 0.257 e. The van der Waals surface area contributed by atoms with E-state index < -0.39 is 11.7 Å². The zero-order valence-corrected chi connectivity index (χ0v) is 14.7. The second-order valence-corrected chi connectivity index (χ2v) is 5.46. The average molecular weight is 368 g/mol. The normalized spacial score (nSPS) is 10.2. The van der Waals surface area contributed by atoms with Gasteiger partial charge in [0.1, 0.15) is 17.3 Å². The Kier molecular flexibility index (Phi) is 5.46. The Morgan fingerprint density at radius 2 is 1.56 bits per heavy atom. The minimum absolute atomic E-state index is 0.251. The summed E-state index contributed by atoms with van der Waals surface area (Å²) in [6, 6.07) is 14.2. The molecule has 0 saturated carbocycles. The van der Waals surface area contributed by atoms with Gasteiger partial charge in [0.15, 0.2) is 11.6 Å². The lowest BCUT2D eigenvalue weighted by atomic mass is 10.2. The summed E-state index contributed by atoms with van der Waals surface area (Å²) in [6.07, 6.45) is 0. The molecule has 8 heteroatoms. The number of rotatable bonds is 6. The van der Waals surface area contributed by atoms with Crippen LogP contribution in [0, 0.1) is 5.82 Å². The van der Waals surface area contributed by atoms with Crippen LogP contribution in [0.1, 0.15) is 10.4 Å². The highest BCUT2D eigenvalue weighted by Gasteiger charge is 2.11. The van der Waals surface area contributed by atoms with Crippen molar-refractivity contribution < 1.29 is 18.7 Å². The average Bonchev–Trinajstić information content (AvgIpc) is 2.70. The molecule has 0 saturated heterocycles. The molecule has 27 heavy (non-hydrogen) atoms. The molecule has 2 N–H and O–H groups in total. The number of para-hydroxylation sites is 1. The lowest BCUT2D eigenvalue weighted by molar-refractivity contribution is 0.102. The van der Waals surface area contributed by atoms with Gasteiger partial charge in [-0.3, -0.25) is 4.79 Å². The SMILES string of the molecule is COc1cc(OC)cc(C(=O)Nc2ccc(Nc3ccccc3F)nn2)c1. The molecule has 0 aliphatic carbocycles. The molecule has 0 atom stereocenters. The van der Waals surface area contributed by atoms with Crippen LogP contribution in [0.5, 0.6) is 11.5 Å². The third kappa shape index (κ3) is 4.49. The van der Waals surface area contributed by atoms with Crippen LogP contribution in [0.2, 0.25) is 0 Å². The molecular formula is C19H17FN4O3. The molecule has 1 amide bonds. The summed E-state index contributed by atoms with van der Waals surface area (Å²) in [5, 5.41) is 13.3. The first-order chi connectivity index (χ1) is 13.1. The number of aromatic nitrogens is 2.